The van der Waals surface area contributed by atoms with Crippen LogP contribution in [0.25, 0.3) is 0 Å². The number of hydrogen-bond acceptors (Lipinski definition) is 3. The summed E-state index contributed by atoms with van der Waals surface area (Å²) in [5, 5.41) is 21.4. The number of fused-ring (bicyclic) bond motifs is 4. The lowest BCUT2D eigenvalue weighted by Crippen LogP contribution is -2.55. The number of hydrogen-bond donors (Lipinski definition) is 2. The molecule has 1 heterocycles. The van der Waals surface area contributed by atoms with Crippen LogP contribution >= 0.6 is 0 Å². The Morgan fingerprint density at radius 3 is 2.21 bits per heavy atom. The minimum Gasteiger partial charge on any atom is -0.393 e. The highest BCUT2D eigenvalue weighted by atomic mass is 16.6. The molecule has 0 spiro atoms. The summed E-state index contributed by atoms with van der Waals surface area (Å²) in [7, 11) is 0. The van der Waals surface area contributed by atoms with Gasteiger partial charge in [-0.25, -0.2) is 0 Å². The van der Waals surface area contributed by atoms with Crippen molar-refractivity contribution in [2.24, 2.45) is 51.2 Å². The Kier molecular flexibility index (Phi) is 5.99. The van der Waals surface area contributed by atoms with E-state index in [0.29, 0.717) is 29.1 Å². The van der Waals surface area contributed by atoms with E-state index in [1.54, 1.807) is 5.57 Å². The lowest BCUT2D eigenvalue weighted by molar-refractivity contribution is -0.134. The first kappa shape index (κ1) is 25.3. The van der Waals surface area contributed by atoms with Crippen LogP contribution in [0.1, 0.15) is 113 Å². The van der Waals surface area contributed by atoms with Gasteiger partial charge < -0.3 is 14.9 Å². The van der Waals surface area contributed by atoms with Crippen molar-refractivity contribution in [3.05, 3.63) is 11.1 Å². The summed E-state index contributed by atoms with van der Waals surface area (Å²) in [4.78, 5) is 0. The smallest absolute Gasteiger partial charge is 0.158 e. The second kappa shape index (κ2) is 8.06. The van der Waals surface area contributed by atoms with E-state index in [2.05, 4.69) is 55.4 Å². The molecule has 0 aromatic rings. The highest BCUT2D eigenvalue weighted by molar-refractivity contribution is 5.38. The van der Waals surface area contributed by atoms with Gasteiger partial charge in [0.15, 0.2) is 6.29 Å². The third-order valence-corrected chi connectivity index (χ3v) is 13.1. The monoisotopic (exact) mass is 472 g/mol. The molecule has 10 atom stereocenters. The molecule has 3 heteroatoms. The van der Waals surface area contributed by atoms with Gasteiger partial charge in [0, 0.05) is 5.92 Å². The molecular formula is C31H52O3. The van der Waals surface area contributed by atoms with Crippen molar-refractivity contribution in [3.8, 4) is 0 Å². The Morgan fingerprint density at radius 2 is 1.56 bits per heavy atom. The molecular weight excluding hydrogens is 420 g/mol. The van der Waals surface area contributed by atoms with Gasteiger partial charge in [-0.05, 0) is 103 Å². The summed E-state index contributed by atoms with van der Waals surface area (Å²) in [5.41, 5.74) is 4.46. The maximum atomic E-state index is 10.9. The van der Waals surface area contributed by atoms with E-state index in [4.69, 9.17) is 4.74 Å². The van der Waals surface area contributed by atoms with Crippen molar-refractivity contribution >= 4 is 0 Å². The molecule has 3 nitrogen and oxygen atoms in total. The second-order valence-corrected chi connectivity index (χ2v) is 14.8. The summed E-state index contributed by atoms with van der Waals surface area (Å²) in [6.45, 7) is 19.3. The van der Waals surface area contributed by atoms with Gasteiger partial charge in [0.05, 0.1) is 12.2 Å². The molecule has 0 bridgehead atoms. The van der Waals surface area contributed by atoms with Crippen LogP contribution < -0.4 is 0 Å². The SMILES string of the molecule is CC(C)C1CC(C(C)C2CCC3(C)C4=C(CCC23C)C2(C)CCC(O)C(C)(C)C2CC4)OC1O. The maximum Gasteiger partial charge on any atom is 0.158 e. The summed E-state index contributed by atoms with van der Waals surface area (Å²) in [6, 6.07) is 0. The van der Waals surface area contributed by atoms with Crippen molar-refractivity contribution in [1.82, 2.24) is 0 Å². The van der Waals surface area contributed by atoms with Crippen LogP contribution in [0, 0.1) is 51.2 Å². The molecule has 1 aliphatic heterocycles. The van der Waals surface area contributed by atoms with Crippen LogP contribution in [0.5, 0.6) is 0 Å². The lowest BCUT2D eigenvalue weighted by Gasteiger charge is -2.62. The van der Waals surface area contributed by atoms with Crippen LogP contribution in [0.2, 0.25) is 0 Å². The Bertz CT molecular complexity index is 844. The van der Waals surface area contributed by atoms with Crippen LogP contribution in [-0.2, 0) is 4.74 Å². The molecule has 34 heavy (non-hydrogen) atoms. The first-order chi connectivity index (χ1) is 15.8. The fourth-order valence-corrected chi connectivity index (χ4v) is 10.5. The molecule has 4 aliphatic carbocycles. The van der Waals surface area contributed by atoms with E-state index in [1.807, 2.05) is 5.57 Å². The van der Waals surface area contributed by atoms with E-state index >= 15 is 0 Å². The summed E-state index contributed by atoms with van der Waals surface area (Å²) in [5.74, 6) is 2.47. The number of aliphatic hydroxyl groups is 2. The molecule has 3 fully saturated rings. The van der Waals surface area contributed by atoms with Gasteiger partial charge in [0.2, 0.25) is 0 Å². The maximum absolute atomic E-state index is 10.9. The van der Waals surface area contributed by atoms with E-state index in [1.165, 1.54) is 38.5 Å². The fraction of sp³-hybridized carbons (Fsp3) is 0.935. The zero-order valence-electron chi connectivity index (χ0n) is 23.3. The van der Waals surface area contributed by atoms with E-state index in [0.717, 1.165) is 19.3 Å². The molecule has 2 saturated carbocycles. The lowest BCUT2D eigenvalue weighted by atomic mass is 9.43. The predicted octanol–water partition coefficient (Wildman–Crippen LogP) is 7.11. The largest absolute Gasteiger partial charge is 0.393 e. The molecule has 1 saturated heterocycles. The first-order valence-electron chi connectivity index (χ1n) is 14.5. The van der Waals surface area contributed by atoms with Crippen molar-refractivity contribution in [2.75, 3.05) is 0 Å². The minimum atomic E-state index is -0.589. The molecule has 0 amide bonds. The van der Waals surface area contributed by atoms with Gasteiger partial charge in [0.25, 0.3) is 0 Å². The van der Waals surface area contributed by atoms with Crippen molar-refractivity contribution in [3.63, 3.8) is 0 Å². The number of aliphatic hydroxyl groups excluding tert-OH is 2. The van der Waals surface area contributed by atoms with Crippen molar-refractivity contribution in [1.29, 1.82) is 0 Å². The Balaban J connectivity index is 1.45. The minimum absolute atomic E-state index is 0.00745. The third kappa shape index (κ3) is 3.24. The summed E-state index contributed by atoms with van der Waals surface area (Å²) < 4.78 is 6.21. The Labute approximate surface area is 209 Å². The number of ether oxygens (including phenoxy) is 1. The Hall–Kier alpha value is -0.380. The van der Waals surface area contributed by atoms with Gasteiger partial charge in [-0.2, -0.15) is 0 Å². The second-order valence-electron chi connectivity index (χ2n) is 14.8. The quantitative estimate of drug-likeness (QED) is 0.430. The van der Waals surface area contributed by atoms with Gasteiger partial charge in [-0.15, -0.1) is 0 Å². The van der Waals surface area contributed by atoms with E-state index < -0.39 is 6.29 Å². The molecule has 10 unspecified atom stereocenters. The van der Waals surface area contributed by atoms with Crippen LogP contribution in [0.4, 0.5) is 0 Å². The number of allylic oxidation sites excluding steroid dienone is 2. The van der Waals surface area contributed by atoms with Crippen molar-refractivity contribution in [2.45, 2.75) is 132 Å². The molecule has 5 rings (SSSR count). The first-order valence-corrected chi connectivity index (χ1v) is 14.5. The van der Waals surface area contributed by atoms with Crippen LogP contribution in [-0.4, -0.2) is 28.7 Å². The fourth-order valence-electron chi connectivity index (χ4n) is 10.5. The Morgan fingerprint density at radius 1 is 0.853 bits per heavy atom. The van der Waals surface area contributed by atoms with Gasteiger partial charge >= 0.3 is 0 Å². The van der Waals surface area contributed by atoms with E-state index in [9.17, 15) is 10.2 Å². The molecule has 2 N–H and O–H groups in total. The van der Waals surface area contributed by atoms with E-state index in [-0.39, 0.29) is 34.4 Å². The standard InChI is InChI=1S/C31H52O3/c1-18(2)20-17-24(34-27(20)33)19(3)21-11-15-31(8)23-9-10-25-28(4,5)26(32)13-14-29(25,6)22(23)12-16-30(21,31)7/h18-21,24-27,32-33H,9-17H2,1-8H3. The van der Waals surface area contributed by atoms with Gasteiger partial charge in [-0.1, -0.05) is 66.5 Å². The number of rotatable bonds is 3. The molecule has 194 valence electrons. The summed E-state index contributed by atoms with van der Waals surface area (Å²) >= 11 is 0. The molecule has 0 aromatic carbocycles. The average molecular weight is 473 g/mol. The third-order valence-electron chi connectivity index (χ3n) is 13.1. The van der Waals surface area contributed by atoms with Gasteiger partial charge in [0.1, 0.15) is 0 Å². The molecule has 0 aromatic heterocycles. The topological polar surface area (TPSA) is 49.7 Å². The highest BCUT2D eigenvalue weighted by Gasteiger charge is 2.64. The predicted molar refractivity (Wildman–Crippen MR) is 138 cm³/mol. The molecule has 5 aliphatic rings. The summed E-state index contributed by atoms with van der Waals surface area (Å²) in [6.07, 6.45) is 10.1. The highest BCUT2D eigenvalue weighted by Crippen LogP contribution is 2.72. The average Bonchev–Trinajstić information content (AvgIpc) is 3.28. The zero-order chi connectivity index (χ0) is 24.8. The van der Waals surface area contributed by atoms with Crippen molar-refractivity contribution < 1.29 is 14.9 Å². The normalized spacial score (nSPS) is 51.3. The van der Waals surface area contributed by atoms with Gasteiger partial charge in [-0.3, -0.25) is 0 Å². The van der Waals surface area contributed by atoms with Crippen LogP contribution in [0.15, 0.2) is 11.1 Å². The zero-order valence-corrected chi connectivity index (χ0v) is 23.3. The van der Waals surface area contributed by atoms with Crippen LogP contribution in [0.3, 0.4) is 0 Å². The molecule has 0 radical (unpaired) electrons.